The zero-order chi connectivity index (χ0) is 11.3. The van der Waals surface area contributed by atoms with E-state index in [0.29, 0.717) is 0 Å². The molecule has 0 aliphatic heterocycles. The fourth-order valence-electron chi connectivity index (χ4n) is 1.87. The number of nitrogens with zero attached hydrogens (tertiary/aromatic N) is 1. The maximum absolute atomic E-state index is 6.12. The van der Waals surface area contributed by atoms with Crippen molar-refractivity contribution in [2.24, 2.45) is 5.73 Å². The minimum Gasteiger partial charge on any atom is -0.323 e. The normalized spacial score (nSPS) is 12.8. The standard InChI is InChI=1S/C13H22N2/c1-4-5-6-7-12(14)13-11(3)8-10(2)9-15-13/h8-9,12H,4-7,14H2,1-3H3. The Morgan fingerprint density at radius 2 is 2.07 bits per heavy atom. The summed E-state index contributed by atoms with van der Waals surface area (Å²) >= 11 is 0. The number of aromatic nitrogens is 1. The molecule has 2 N–H and O–H groups in total. The molecule has 1 atom stereocenters. The van der Waals surface area contributed by atoms with E-state index in [1.165, 1.54) is 30.4 Å². The largest absolute Gasteiger partial charge is 0.323 e. The maximum Gasteiger partial charge on any atom is 0.0600 e. The Morgan fingerprint density at radius 3 is 2.67 bits per heavy atom. The molecule has 1 rings (SSSR count). The average molecular weight is 206 g/mol. The summed E-state index contributed by atoms with van der Waals surface area (Å²) in [6, 6.07) is 2.26. The molecule has 0 aromatic carbocycles. The van der Waals surface area contributed by atoms with Crippen LogP contribution < -0.4 is 5.73 Å². The topological polar surface area (TPSA) is 38.9 Å². The van der Waals surface area contributed by atoms with Gasteiger partial charge in [-0.3, -0.25) is 4.98 Å². The lowest BCUT2D eigenvalue weighted by Gasteiger charge is -2.13. The Hall–Kier alpha value is -0.890. The van der Waals surface area contributed by atoms with Gasteiger partial charge in [-0.1, -0.05) is 32.3 Å². The summed E-state index contributed by atoms with van der Waals surface area (Å²) in [6.07, 6.45) is 6.66. The Kier molecular flexibility index (Phi) is 4.76. The number of hydrogen-bond acceptors (Lipinski definition) is 2. The lowest BCUT2D eigenvalue weighted by Crippen LogP contribution is -2.13. The molecule has 0 amide bonds. The Balaban J connectivity index is 2.61. The highest BCUT2D eigenvalue weighted by Crippen LogP contribution is 2.19. The van der Waals surface area contributed by atoms with Gasteiger partial charge < -0.3 is 5.73 Å². The molecule has 2 nitrogen and oxygen atoms in total. The van der Waals surface area contributed by atoms with Gasteiger partial charge in [-0.25, -0.2) is 0 Å². The van der Waals surface area contributed by atoms with E-state index in [-0.39, 0.29) is 6.04 Å². The van der Waals surface area contributed by atoms with E-state index in [4.69, 9.17) is 5.73 Å². The van der Waals surface area contributed by atoms with Crippen molar-refractivity contribution < 1.29 is 0 Å². The van der Waals surface area contributed by atoms with Crippen LogP contribution in [0.5, 0.6) is 0 Å². The van der Waals surface area contributed by atoms with Crippen LogP contribution in [0.1, 0.15) is 55.5 Å². The highest BCUT2D eigenvalue weighted by Gasteiger charge is 2.09. The van der Waals surface area contributed by atoms with Crippen molar-refractivity contribution in [3.05, 3.63) is 29.1 Å². The van der Waals surface area contributed by atoms with Gasteiger partial charge in [-0.15, -0.1) is 0 Å². The fraction of sp³-hybridized carbons (Fsp3) is 0.615. The van der Waals surface area contributed by atoms with Crippen molar-refractivity contribution in [1.29, 1.82) is 0 Å². The van der Waals surface area contributed by atoms with Crippen LogP contribution in [0.4, 0.5) is 0 Å². The van der Waals surface area contributed by atoms with Gasteiger partial charge in [0.2, 0.25) is 0 Å². The number of pyridine rings is 1. The molecule has 0 aliphatic carbocycles. The quantitative estimate of drug-likeness (QED) is 0.751. The number of nitrogens with two attached hydrogens (primary N) is 1. The van der Waals surface area contributed by atoms with Gasteiger partial charge in [0.05, 0.1) is 5.69 Å². The first-order valence-electron chi connectivity index (χ1n) is 5.84. The Bertz CT molecular complexity index is 307. The summed E-state index contributed by atoms with van der Waals surface area (Å²) in [5.41, 5.74) is 9.62. The summed E-state index contributed by atoms with van der Waals surface area (Å²) in [7, 11) is 0. The van der Waals surface area contributed by atoms with Crippen LogP contribution in [0, 0.1) is 13.8 Å². The zero-order valence-electron chi connectivity index (χ0n) is 10.1. The predicted molar refractivity (Wildman–Crippen MR) is 64.8 cm³/mol. The first kappa shape index (κ1) is 12.2. The number of unbranched alkanes of at least 4 members (excludes halogenated alkanes) is 2. The highest BCUT2D eigenvalue weighted by molar-refractivity contribution is 5.25. The van der Waals surface area contributed by atoms with E-state index in [9.17, 15) is 0 Å². The Morgan fingerprint density at radius 1 is 1.33 bits per heavy atom. The van der Waals surface area contributed by atoms with Gasteiger partial charge in [0.25, 0.3) is 0 Å². The highest BCUT2D eigenvalue weighted by atomic mass is 14.8. The van der Waals surface area contributed by atoms with E-state index in [1.54, 1.807) is 0 Å². The molecule has 15 heavy (non-hydrogen) atoms. The summed E-state index contributed by atoms with van der Waals surface area (Å²) < 4.78 is 0. The molecule has 0 saturated carbocycles. The van der Waals surface area contributed by atoms with Crippen LogP contribution in [0.15, 0.2) is 12.3 Å². The third-order valence-electron chi connectivity index (χ3n) is 2.73. The summed E-state index contributed by atoms with van der Waals surface area (Å²) in [5.74, 6) is 0. The van der Waals surface area contributed by atoms with Crippen molar-refractivity contribution in [1.82, 2.24) is 4.98 Å². The van der Waals surface area contributed by atoms with E-state index in [0.717, 1.165) is 12.1 Å². The third-order valence-corrected chi connectivity index (χ3v) is 2.73. The van der Waals surface area contributed by atoms with Gasteiger partial charge in [0.1, 0.15) is 0 Å². The second kappa shape index (κ2) is 5.86. The van der Waals surface area contributed by atoms with Crippen molar-refractivity contribution in [3.8, 4) is 0 Å². The second-order valence-corrected chi connectivity index (χ2v) is 4.32. The van der Waals surface area contributed by atoms with Crippen LogP contribution in [0.3, 0.4) is 0 Å². The summed E-state index contributed by atoms with van der Waals surface area (Å²) in [5, 5.41) is 0. The molecule has 0 bridgehead atoms. The molecule has 1 unspecified atom stereocenters. The lowest BCUT2D eigenvalue weighted by molar-refractivity contribution is 0.568. The van der Waals surface area contributed by atoms with E-state index < -0.39 is 0 Å². The molecular formula is C13H22N2. The van der Waals surface area contributed by atoms with Crippen LogP contribution in [0.25, 0.3) is 0 Å². The smallest absolute Gasteiger partial charge is 0.0600 e. The van der Waals surface area contributed by atoms with E-state index in [1.807, 2.05) is 6.20 Å². The van der Waals surface area contributed by atoms with Crippen LogP contribution >= 0.6 is 0 Å². The van der Waals surface area contributed by atoms with Crippen molar-refractivity contribution >= 4 is 0 Å². The molecular weight excluding hydrogens is 184 g/mol. The number of aryl methyl sites for hydroxylation is 2. The number of rotatable bonds is 5. The summed E-state index contributed by atoms with van der Waals surface area (Å²) in [4.78, 5) is 4.43. The maximum atomic E-state index is 6.12. The molecule has 0 spiro atoms. The van der Waals surface area contributed by atoms with E-state index >= 15 is 0 Å². The average Bonchev–Trinajstić information content (AvgIpc) is 2.17. The second-order valence-electron chi connectivity index (χ2n) is 4.32. The minimum atomic E-state index is 0.108. The molecule has 0 aliphatic rings. The van der Waals surface area contributed by atoms with Gasteiger partial charge in [0.15, 0.2) is 0 Å². The van der Waals surface area contributed by atoms with Gasteiger partial charge in [-0.05, 0) is 31.4 Å². The molecule has 1 heterocycles. The molecule has 84 valence electrons. The summed E-state index contributed by atoms with van der Waals surface area (Å²) in [6.45, 7) is 6.36. The molecule has 0 saturated heterocycles. The Labute approximate surface area is 92.9 Å². The molecule has 1 aromatic rings. The SMILES string of the molecule is CCCCCC(N)c1ncc(C)cc1C. The first-order chi connectivity index (χ1) is 7.15. The molecule has 1 aromatic heterocycles. The first-order valence-corrected chi connectivity index (χ1v) is 5.84. The van der Waals surface area contributed by atoms with Gasteiger partial charge >= 0.3 is 0 Å². The predicted octanol–water partition coefficient (Wildman–Crippen LogP) is 3.28. The van der Waals surface area contributed by atoms with Crippen molar-refractivity contribution in [2.75, 3.05) is 0 Å². The van der Waals surface area contributed by atoms with Gasteiger partial charge in [0, 0.05) is 12.2 Å². The lowest BCUT2D eigenvalue weighted by atomic mass is 10.0. The van der Waals surface area contributed by atoms with E-state index in [2.05, 4.69) is 31.8 Å². The van der Waals surface area contributed by atoms with Crippen molar-refractivity contribution in [2.45, 2.75) is 52.5 Å². The van der Waals surface area contributed by atoms with Gasteiger partial charge in [-0.2, -0.15) is 0 Å². The van der Waals surface area contributed by atoms with Crippen LogP contribution in [0.2, 0.25) is 0 Å². The van der Waals surface area contributed by atoms with Crippen molar-refractivity contribution in [3.63, 3.8) is 0 Å². The number of hydrogen-bond donors (Lipinski definition) is 1. The van der Waals surface area contributed by atoms with Crippen LogP contribution in [-0.2, 0) is 0 Å². The molecule has 0 radical (unpaired) electrons. The monoisotopic (exact) mass is 206 g/mol. The molecule has 0 fully saturated rings. The zero-order valence-corrected chi connectivity index (χ0v) is 10.1. The fourth-order valence-corrected chi connectivity index (χ4v) is 1.87. The minimum absolute atomic E-state index is 0.108. The van der Waals surface area contributed by atoms with Crippen LogP contribution in [-0.4, -0.2) is 4.98 Å². The third kappa shape index (κ3) is 3.63. The molecule has 2 heteroatoms.